The second kappa shape index (κ2) is 9.20. The van der Waals surface area contributed by atoms with E-state index < -0.39 is 0 Å². The number of hydrogen-bond acceptors (Lipinski definition) is 5. The Hall–Kier alpha value is -1.88. The minimum Gasteiger partial charge on any atom is -0.369 e. The predicted molar refractivity (Wildman–Crippen MR) is 91.5 cm³/mol. The van der Waals surface area contributed by atoms with Crippen molar-refractivity contribution in [3.63, 3.8) is 0 Å². The summed E-state index contributed by atoms with van der Waals surface area (Å²) in [6.45, 7) is 3.84. The van der Waals surface area contributed by atoms with E-state index in [0.717, 1.165) is 36.8 Å². The van der Waals surface area contributed by atoms with Crippen LogP contribution in [-0.4, -0.2) is 28.3 Å². The van der Waals surface area contributed by atoms with Crippen LogP contribution < -0.4 is 10.6 Å². The van der Waals surface area contributed by atoms with Crippen LogP contribution in [0.4, 0.5) is 11.8 Å². The third-order valence-electron chi connectivity index (χ3n) is 3.23. The molecule has 1 heterocycles. The highest BCUT2D eigenvalue weighted by molar-refractivity contribution is 6.30. The van der Waals surface area contributed by atoms with Crippen molar-refractivity contribution in [1.82, 2.24) is 15.2 Å². The minimum absolute atomic E-state index is 0.544. The number of unbranched alkanes of at least 4 members (excludes halogenated alkanes) is 2. The standard InChI is InChI=1S/C16H22ClN5/c1-2-3-4-9-18-15-12-20-22-16(21-15)19-10-8-13-6-5-7-14(17)11-13/h5-7,11-12H,2-4,8-10H2,1H3,(H2,18,19,21,22). The average molecular weight is 320 g/mol. The molecule has 0 aliphatic carbocycles. The van der Waals surface area contributed by atoms with Crippen LogP contribution in [0.15, 0.2) is 30.5 Å². The summed E-state index contributed by atoms with van der Waals surface area (Å²) in [5, 5.41) is 15.2. The highest BCUT2D eigenvalue weighted by atomic mass is 35.5. The molecule has 5 nitrogen and oxygen atoms in total. The number of nitrogens with one attached hydrogen (secondary N) is 2. The molecule has 1 aromatic heterocycles. The minimum atomic E-state index is 0.544. The Kier molecular flexibility index (Phi) is 6.90. The number of hydrogen-bond donors (Lipinski definition) is 2. The molecule has 0 amide bonds. The summed E-state index contributed by atoms with van der Waals surface area (Å²) in [6, 6.07) is 7.85. The van der Waals surface area contributed by atoms with Crippen LogP contribution in [0.3, 0.4) is 0 Å². The first kappa shape index (κ1) is 16.5. The average Bonchev–Trinajstić information content (AvgIpc) is 2.52. The van der Waals surface area contributed by atoms with E-state index in [4.69, 9.17) is 11.6 Å². The molecular weight excluding hydrogens is 298 g/mol. The van der Waals surface area contributed by atoms with Gasteiger partial charge in [0.1, 0.15) is 5.82 Å². The van der Waals surface area contributed by atoms with E-state index in [1.165, 1.54) is 18.4 Å². The van der Waals surface area contributed by atoms with Crippen LogP contribution >= 0.6 is 11.6 Å². The number of halogens is 1. The van der Waals surface area contributed by atoms with E-state index in [2.05, 4.69) is 38.8 Å². The molecule has 0 radical (unpaired) electrons. The third kappa shape index (κ3) is 5.85. The Morgan fingerprint density at radius 2 is 2.05 bits per heavy atom. The van der Waals surface area contributed by atoms with Gasteiger partial charge in [-0.2, -0.15) is 10.1 Å². The van der Waals surface area contributed by atoms with Gasteiger partial charge in [-0.1, -0.05) is 43.5 Å². The number of benzene rings is 1. The topological polar surface area (TPSA) is 62.7 Å². The molecule has 0 spiro atoms. The molecule has 0 fully saturated rings. The maximum Gasteiger partial charge on any atom is 0.244 e. The normalized spacial score (nSPS) is 10.5. The quantitative estimate of drug-likeness (QED) is 0.689. The molecule has 2 N–H and O–H groups in total. The lowest BCUT2D eigenvalue weighted by molar-refractivity contribution is 0.741. The van der Waals surface area contributed by atoms with Crippen LogP contribution in [-0.2, 0) is 6.42 Å². The Balaban J connectivity index is 1.77. The van der Waals surface area contributed by atoms with E-state index in [1.54, 1.807) is 6.20 Å². The van der Waals surface area contributed by atoms with Gasteiger partial charge < -0.3 is 10.6 Å². The highest BCUT2D eigenvalue weighted by Crippen LogP contribution is 2.11. The molecule has 0 unspecified atom stereocenters. The Bertz CT molecular complexity index is 576. The summed E-state index contributed by atoms with van der Waals surface area (Å²) in [6.07, 6.45) is 6.07. The van der Waals surface area contributed by atoms with Gasteiger partial charge in [0.05, 0.1) is 6.20 Å². The summed E-state index contributed by atoms with van der Waals surface area (Å²) in [5.41, 5.74) is 1.18. The summed E-state index contributed by atoms with van der Waals surface area (Å²) >= 11 is 5.97. The van der Waals surface area contributed by atoms with Crippen molar-refractivity contribution in [3.05, 3.63) is 41.0 Å². The van der Waals surface area contributed by atoms with Crippen molar-refractivity contribution in [3.8, 4) is 0 Å². The van der Waals surface area contributed by atoms with Crippen molar-refractivity contribution in [2.45, 2.75) is 32.6 Å². The van der Waals surface area contributed by atoms with Crippen LogP contribution in [0.1, 0.15) is 31.7 Å². The summed E-state index contributed by atoms with van der Waals surface area (Å²) in [7, 11) is 0. The molecule has 0 saturated carbocycles. The molecule has 6 heteroatoms. The molecular formula is C16H22ClN5. The summed E-state index contributed by atoms with van der Waals surface area (Å²) in [4.78, 5) is 4.40. The van der Waals surface area contributed by atoms with Gasteiger partial charge in [0.25, 0.3) is 0 Å². The van der Waals surface area contributed by atoms with Gasteiger partial charge in [-0.15, -0.1) is 5.10 Å². The zero-order valence-electron chi connectivity index (χ0n) is 12.8. The van der Waals surface area contributed by atoms with Crippen LogP contribution in [0, 0.1) is 0 Å². The Morgan fingerprint density at radius 1 is 1.14 bits per heavy atom. The second-order valence-corrected chi connectivity index (χ2v) is 5.54. The highest BCUT2D eigenvalue weighted by Gasteiger charge is 2.00. The maximum absolute atomic E-state index is 5.97. The largest absolute Gasteiger partial charge is 0.369 e. The van der Waals surface area contributed by atoms with Crippen molar-refractivity contribution >= 4 is 23.4 Å². The summed E-state index contributed by atoms with van der Waals surface area (Å²) < 4.78 is 0. The molecule has 0 atom stereocenters. The zero-order valence-corrected chi connectivity index (χ0v) is 13.6. The van der Waals surface area contributed by atoms with Crippen LogP contribution in [0.25, 0.3) is 0 Å². The van der Waals surface area contributed by atoms with Gasteiger partial charge in [-0.25, -0.2) is 0 Å². The number of anilines is 2. The van der Waals surface area contributed by atoms with Crippen molar-refractivity contribution in [2.24, 2.45) is 0 Å². The van der Waals surface area contributed by atoms with E-state index in [0.29, 0.717) is 5.95 Å². The molecule has 118 valence electrons. The molecule has 0 aliphatic rings. The lowest BCUT2D eigenvalue weighted by Crippen LogP contribution is -2.11. The van der Waals surface area contributed by atoms with Gasteiger partial charge >= 0.3 is 0 Å². The molecule has 0 bridgehead atoms. The van der Waals surface area contributed by atoms with E-state index >= 15 is 0 Å². The number of nitrogens with zero attached hydrogens (tertiary/aromatic N) is 3. The first-order valence-electron chi connectivity index (χ1n) is 7.70. The molecule has 22 heavy (non-hydrogen) atoms. The Morgan fingerprint density at radius 3 is 2.86 bits per heavy atom. The van der Waals surface area contributed by atoms with Crippen molar-refractivity contribution < 1.29 is 0 Å². The van der Waals surface area contributed by atoms with Gasteiger partial charge in [-0.05, 0) is 30.5 Å². The van der Waals surface area contributed by atoms with Crippen LogP contribution in [0.2, 0.25) is 5.02 Å². The second-order valence-electron chi connectivity index (χ2n) is 5.11. The fourth-order valence-corrected chi connectivity index (χ4v) is 2.28. The van der Waals surface area contributed by atoms with Crippen LogP contribution in [0.5, 0.6) is 0 Å². The maximum atomic E-state index is 5.97. The third-order valence-corrected chi connectivity index (χ3v) is 3.47. The number of aromatic nitrogens is 3. The lowest BCUT2D eigenvalue weighted by atomic mass is 10.1. The monoisotopic (exact) mass is 319 g/mol. The fourth-order valence-electron chi connectivity index (χ4n) is 2.07. The molecule has 2 aromatic rings. The van der Waals surface area contributed by atoms with E-state index in [9.17, 15) is 0 Å². The van der Waals surface area contributed by atoms with E-state index in [1.807, 2.05) is 18.2 Å². The van der Waals surface area contributed by atoms with E-state index in [-0.39, 0.29) is 0 Å². The fraction of sp³-hybridized carbons (Fsp3) is 0.438. The van der Waals surface area contributed by atoms with Crippen molar-refractivity contribution in [2.75, 3.05) is 23.7 Å². The summed E-state index contributed by atoms with van der Waals surface area (Å²) in [5.74, 6) is 1.30. The molecule has 2 rings (SSSR count). The lowest BCUT2D eigenvalue weighted by Gasteiger charge is -2.07. The molecule has 0 saturated heterocycles. The van der Waals surface area contributed by atoms with Gasteiger partial charge in [0.2, 0.25) is 5.95 Å². The predicted octanol–water partition coefficient (Wildman–Crippen LogP) is 3.78. The SMILES string of the molecule is CCCCCNc1cnnc(NCCc2cccc(Cl)c2)n1. The molecule has 0 aliphatic heterocycles. The Labute approximate surface area is 136 Å². The van der Waals surface area contributed by atoms with Crippen molar-refractivity contribution in [1.29, 1.82) is 0 Å². The smallest absolute Gasteiger partial charge is 0.244 e. The first-order valence-corrected chi connectivity index (χ1v) is 8.07. The zero-order chi connectivity index (χ0) is 15.6. The molecule has 1 aromatic carbocycles. The van der Waals surface area contributed by atoms with Gasteiger partial charge in [-0.3, -0.25) is 0 Å². The van der Waals surface area contributed by atoms with Gasteiger partial charge in [0.15, 0.2) is 0 Å². The number of rotatable bonds is 9. The van der Waals surface area contributed by atoms with Gasteiger partial charge in [0, 0.05) is 18.1 Å². The first-order chi connectivity index (χ1) is 10.8.